The van der Waals surface area contributed by atoms with Gasteiger partial charge in [0.05, 0.1) is 10.2 Å². The van der Waals surface area contributed by atoms with Crippen LogP contribution in [0, 0.1) is 5.92 Å². The number of nitrogens with zero attached hydrogens (tertiary/aromatic N) is 2. The number of hydrogen-bond donors (Lipinski definition) is 1. The summed E-state index contributed by atoms with van der Waals surface area (Å²) in [6, 6.07) is 8.65. The summed E-state index contributed by atoms with van der Waals surface area (Å²) in [5, 5.41) is 4.38. The molecule has 1 aliphatic carbocycles. The molecule has 5 heteroatoms. The SMILES string of the molecule is O=C(CC1CCCC1)NC1CCN(c2nc3ccccc3s2)CC1. The van der Waals surface area contributed by atoms with E-state index in [4.69, 9.17) is 4.98 Å². The summed E-state index contributed by atoms with van der Waals surface area (Å²) >= 11 is 1.77. The summed E-state index contributed by atoms with van der Waals surface area (Å²) in [4.78, 5) is 19.3. The normalized spacial score (nSPS) is 19.9. The number of carbonyl (C=O) groups excluding carboxylic acids is 1. The Morgan fingerprint density at radius 3 is 2.67 bits per heavy atom. The van der Waals surface area contributed by atoms with E-state index in [2.05, 4.69) is 28.4 Å². The zero-order chi connectivity index (χ0) is 16.4. The number of rotatable bonds is 4. The first-order valence-electron chi connectivity index (χ1n) is 9.18. The largest absolute Gasteiger partial charge is 0.353 e. The Labute approximate surface area is 147 Å². The van der Waals surface area contributed by atoms with Crippen molar-refractivity contribution in [1.82, 2.24) is 10.3 Å². The average molecular weight is 343 g/mol. The Morgan fingerprint density at radius 2 is 1.92 bits per heavy atom. The van der Waals surface area contributed by atoms with Gasteiger partial charge in [0.2, 0.25) is 5.91 Å². The van der Waals surface area contributed by atoms with Crippen molar-refractivity contribution in [1.29, 1.82) is 0 Å². The van der Waals surface area contributed by atoms with Gasteiger partial charge in [0, 0.05) is 25.6 Å². The number of amides is 1. The highest BCUT2D eigenvalue weighted by Crippen LogP contribution is 2.30. The van der Waals surface area contributed by atoms with Crippen LogP contribution in [-0.4, -0.2) is 30.0 Å². The van der Waals surface area contributed by atoms with E-state index in [-0.39, 0.29) is 5.91 Å². The molecule has 4 rings (SSSR count). The van der Waals surface area contributed by atoms with E-state index in [0.717, 1.165) is 43.0 Å². The van der Waals surface area contributed by atoms with Crippen LogP contribution in [0.15, 0.2) is 24.3 Å². The van der Waals surface area contributed by atoms with Gasteiger partial charge in [0.15, 0.2) is 5.13 Å². The molecule has 0 atom stereocenters. The first kappa shape index (κ1) is 15.9. The Kier molecular flexibility index (Phi) is 4.69. The summed E-state index contributed by atoms with van der Waals surface area (Å²) in [5.41, 5.74) is 1.09. The molecule has 2 heterocycles. The van der Waals surface area contributed by atoms with Gasteiger partial charge in [-0.15, -0.1) is 0 Å². The van der Waals surface area contributed by atoms with Gasteiger partial charge >= 0.3 is 0 Å². The van der Waals surface area contributed by atoms with Crippen LogP contribution in [0.5, 0.6) is 0 Å². The summed E-state index contributed by atoms with van der Waals surface area (Å²) in [5.74, 6) is 0.896. The summed E-state index contributed by atoms with van der Waals surface area (Å²) in [6.45, 7) is 1.96. The minimum atomic E-state index is 0.264. The van der Waals surface area contributed by atoms with Crippen molar-refractivity contribution in [2.75, 3.05) is 18.0 Å². The number of para-hydroxylation sites is 1. The highest BCUT2D eigenvalue weighted by molar-refractivity contribution is 7.22. The van der Waals surface area contributed by atoms with Crippen molar-refractivity contribution >= 4 is 32.6 Å². The minimum absolute atomic E-state index is 0.264. The quantitative estimate of drug-likeness (QED) is 0.914. The molecule has 0 bridgehead atoms. The average Bonchev–Trinajstić information content (AvgIpc) is 3.24. The molecule has 1 amide bonds. The molecule has 1 aliphatic heterocycles. The Bertz CT molecular complexity index is 666. The molecule has 0 radical (unpaired) electrons. The second-order valence-corrected chi connectivity index (χ2v) is 8.16. The highest BCUT2D eigenvalue weighted by atomic mass is 32.1. The molecule has 128 valence electrons. The van der Waals surface area contributed by atoms with Gasteiger partial charge < -0.3 is 10.2 Å². The number of piperidine rings is 1. The van der Waals surface area contributed by atoms with E-state index in [0.29, 0.717) is 12.0 Å². The summed E-state index contributed by atoms with van der Waals surface area (Å²) in [7, 11) is 0. The molecule has 4 nitrogen and oxygen atoms in total. The third-order valence-corrected chi connectivity index (χ3v) is 6.46. The van der Waals surface area contributed by atoms with E-state index in [9.17, 15) is 4.79 Å². The zero-order valence-corrected chi connectivity index (χ0v) is 14.9. The van der Waals surface area contributed by atoms with Gasteiger partial charge in [0.25, 0.3) is 0 Å². The molecule has 2 aliphatic rings. The van der Waals surface area contributed by atoms with Crippen LogP contribution in [0.1, 0.15) is 44.9 Å². The van der Waals surface area contributed by atoms with Gasteiger partial charge in [0.1, 0.15) is 0 Å². The van der Waals surface area contributed by atoms with Crippen molar-refractivity contribution in [2.24, 2.45) is 5.92 Å². The fourth-order valence-electron chi connectivity index (χ4n) is 3.97. The topological polar surface area (TPSA) is 45.2 Å². The molecule has 0 spiro atoms. The number of aromatic nitrogens is 1. The van der Waals surface area contributed by atoms with Crippen molar-refractivity contribution < 1.29 is 4.79 Å². The molecule has 1 aromatic carbocycles. The van der Waals surface area contributed by atoms with E-state index in [1.54, 1.807) is 11.3 Å². The number of nitrogens with one attached hydrogen (secondary N) is 1. The van der Waals surface area contributed by atoms with Gasteiger partial charge in [-0.2, -0.15) is 0 Å². The number of anilines is 1. The lowest BCUT2D eigenvalue weighted by Gasteiger charge is -2.32. The zero-order valence-electron chi connectivity index (χ0n) is 14.0. The first-order chi connectivity index (χ1) is 11.8. The predicted octanol–water partition coefficient (Wildman–Crippen LogP) is 3.96. The molecule has 24 heavy (non-hydrogen) atoms. The van der Waals surface area contributed by atoms with Crippen molar-refractivity contribution in [3.05, 3.63) is 24.3 Å². The van der Waals surface area contributed by atoms with E-state index in [1.165, 1.54) is 30.4 Å². The minimum Gasteiger partial charge on any atom is -0.353 e. The fraction of sp³-hybridized carbons (Fsp3) is 0.579. The molecule has 0 unspecified atom stereocenters. The fourth-order valence-corrected chi connectivity index (χ4v) is 4.99. The lowest BCUT2D eigenvalue weighted by atomic mass is 10.0. The lowest BCUT2D eigenvalue weighted by Crippen LogP contribution is -2.45. The second kappa shape index (κ2) is 7.09. The maximum Gasteiger partial charge on any atom is 0.220 e. The van der Waals surface area contributed by atoms with Crippen LogP contribution in [-0.2, 0) is 4.79 Å². The third-order valence-electron chi connectivity index (χ3n) is 5.36. The summed E-state index contributed by atoms with van der Waals surface area (Å²) < 4.78 is 1.25. The third kappa shape index (κ3) is 3.56. The van der Waals surface area contributed by atoms with Gasteiger partial charge in [-0.3, -0.25) is 4.79 Å². The Hall–Kier alpha value is -1.62. The molecular formula is C19H25N3OS. The number of carbonyl (C=O) groups is 1. The van der Waals surface area contributed by atoms with Crippen LogP contribution in [0.3, 0.4) is 0 Å². The van der Waals surface area contributed by atoms with Gasteiger partial charge in [-0.05, 0) is 43.7 Å². The summed E-state index contributed by atoms with van der Waals surface area (Å²) in [6.07, 6.45) is 7.86. The molecule has 2 aromatic rings. The van der Waals surface area contributed by atoms with Crippen LogP contribution < -0.4 is 10.2 Å². The molecule has 2 fully saturated rings. The van der Waals surface area contributed by atoms with Crippen LogP contribution in [0.2, 0.25) is 0 Å². The van der Waals surface area contributed by atoms with Gasteiger partial charge in [-0.1, -0.05) is 36.3 Å². The second-order valence-electron chi connectivity index (χ2n) is 7.15. The van der Waals surface area contributed by atoms with Crippen LogP contribution in [0.25, 0.3) is 10.2 Å². The number of hydrogen-bond acceptors (Lipinski definition) is 4. The van der Waals surface area contributed by atoms with E-state index >= 15 is 0 Å². The standard InChI is InChI=1S/C19H25N3OS/c23-18(13-14-5-1-2-6-14)20-15-9-11-22(12-10-15)19-21-16-7-3-4-8-17(16)24-19/h3-4,7-8,14-15H,1-2,5-6,9-13H2,(H,20,23). The van der Waals surface area contributed by atoms with Crippen molar-refractivity contribution in [2.45, 2.75) is 51.0 Å². The van der Waals surface area contributed by atoms with Crippen LogP contribution in [0.4, 0.5) is 5.13 Å². The van der Waals surface area contributed by atoms with Crippen molar-refractivity contribution in [3.8, 4) is 0 Å². The Balaban J connectivity index is 1.29. The maximum absolute atomic E-state index is 12.2. The highest BCUT2D eigenvalue weighted by Gasteiger charge is 2.24. The molecule has 1 N–H and O–H groups in total. The first-order valence-corrected chi connectivity index (χ1v) is 9.99. The smallest absolute Gasteiger partial charge is 0.220 e. The molecule has 1 saturated heterocycles. The maximum atomic E-state index is 12.2. The van der Waals surface area contributed by atoms with Gasteiger partial charge in [-0.25, -0.2) is 4.98 Å². The number of thiazole rings is 1. The number of fused-ring (bicyclic) bond motifs is 1. The van der Waals surface area contributed by atoms with Crippen LogP contribution >= 0.6 is 11.3 Å². The van der Waals surface area contributed by atoms with Crippen molar-refractivity contribution in [3.63, 3.8) is 0 Å². The lowest BCUT2D eigenvalue weighted by molar-refractivity contribution is -0.122. The molecule has 1 saturated carbocycles. The molecular weight excluding hydrogens is 318 g/mol. The van der Waals surface area contributed by atoms with E-state index in [1.807, 2.05) is 6.07 Å². The van der Waals surface area contributed by atoms with E-state index < -0.39 is 0 Å². The number of benzene rings is 1. The monoisotopic (exact) mass is 343 g/mol. The predicted molar refractivity (Wildman–Crippen MR) is 99.6 cm³/mol. The molecule has 1 aromatic heterocycles. The Morgan fingerprint density at radius 1 is 1.17 bits per heavy atom.